The number of hydrogen-bond donors (Lipinski definition) is 1. The lowest BCUT2D eigenvalue weighted by atomic mass is 9.81. The number of aromatic nitrogens is 1. The molecule has 1 aliphatic rings. The van der Waals surface area contributed by atoms with Gasteiger partial charge in [-0.2, -0.15) is 0 Å². The van der Waals surface area contributed by atoms with E-state index >= 15 is 0 Å². The molecule has 2 N–H and O–H groups in total. The molecule has 0 aromatic carbocycles. The first-order chi connectivity index (χ1) is 11.1. The van der Waals surface area contributed by atoms with Crippen LogP contribution in [0.15, 0.2) is 24.4 Å². The molecule has 2 amide bonds. The van der Waals surface area contributed by atoms with E-state index in [1.807, 2.05) is 18.7 Å². The highest BCUT2D eigenvalue weighted by atomic mass is 16.2. The molecule has 0 bridgehead atoms. The summed E-state index contributed by atoms with van der Waals surface area (Å²) < 4.78 is 0. The van der Waals surface area contributed by atoms with E-state index in [0.717, 1.165) is 12.8 Å². The maximum atomic E-state index is 12.8. The molecule has 0 saturated carbocycles. The Morgan fingerprint density at radius 2 is 1.74 bits per heavy atom. The zero-order valence-corrected chi connectivity index (χ0v) is 14.0. The number of pyridine rings is 1. The first-order valence-corrected chi connectivity index (χ1v) is 8.27. The van der Waals surface area contributed by atoms with Gasteiger partial charge in [-0.3, -0.25) is 14.6 Å². The number of nitrogens with zero attached hydrogens (tertiary/aromatic N) is 3. The Morgan fingerprint density at radius 3 is 2.22 bits per heavy atom. The Labute approximate surface area is 137 Å². The maximum absolute atomic E-state index is 12.8. The van der Waals surface area contributed by atoms with Crippen LogP contribution >= 0.6 is 0 Å². The number of piperazine rings is 1. The Kier molecular flexibility index (Phi) is 5.71. The summed E-state index contributed by atoms with van der Waals surface area (Å²) in [6.07, 6.45) is 3.10. The lowest BCUT2D eigenvalue weighted by Crippen LogP contribution is -2.55. The Hall–Kier alpha value is -1.95. The van der Waals surface area contributed by atoms with Crippen LogP contribution < -0.4 is 5.73 Å². The van der Waals surface area contributed by atoms with E-state index < -0.39 is 5.41 Å². The summed E-state index contributed by atoms with van der Waals surface area (Å²) in [6, 6.07) is 5.31. The molecule has 1 fully saturated rings. The topological polar surface area (TPSA) is 79.5 Å². The number of carbonyl (C=O) groups excluding carboxylic acids is 2. The molecule has 0 unspecified atom stereocenters. The molecule has 6 nitrogen and oxygen atoms in total. The van der Waals surface area contributed by atoms with Crippen LogP contribution in [0, 0.1) is 5.41 Å². The molecule has 0 aliphatic carbocycles. The van der Waals surface area contributed by atoms with Gasteiger partial charge in [-0.15, -0.1) is 0 Å². The smallest absolute Gasteiger partial charge is 0.272 e. The number of nitrogens with two attached hydrogens (primary N) is 1. The van der Waals surface area contributed by atoms with Gasteiger partial charge in [0.2, 0.25) is 5.91 Å². The summed E-state index contributed by atoms with van der Waals surface area (Å²) in [7, 11) is 0. The molecule has 1 aromatic rings. The van der Waals surface area contributed by atoms with Crippen molar-refractivity contribution in [1.82, 2.24) is 14.8 Å². The second-order valence-corrected chi connectivity index (χ2v) is 5.99. The molecule has 126 valence electrons. The highest BCUT2D eigenvalue weighted by Crippen LogP contribution is 2.28. The van der Waals surface area contributed by atoms with Gasteiger partial charge in [0.1, 0.15) is 5.69 Å². The molecule has 1 saturated heterocycles. The lowest BCUT2D eigenvalue weighted by Gasteiger charge is -2.40. The van der Waals surface area contributed by atoms with Gasteiger partial charge in [0.05, 0.1) is 5.41 Å². The van der Waals surface area contributed by atoms with Crippen molar-refractivity contribution in [2.24, 2.45) is 11.1 Å². The van der Waals surface area contributed by atoms with Crippen molar-refractivity contribution in [3.63, 3.8) is 0 Å². The Balaban J connectivity index is 1.98. The average Bonchev–Trinajstić information content (AvgIpc) is 2.64. The van der Waals surface area contributed by atoms with Crippen molar-refractivity contribution >= 4 is 11.8 Å². The maximum Gasteiger partial charge on any atom is 0.272 e. The van der Waals surface area contributed by atoms with Crippen LogP contribution in [0.2, 0.25) is 0 Å². The van der Waals surface area contributed by atoms with Gasteiger partial charge >= 0.3 is 0 Å². The lowest BCUT2D eigenvalue weighted by molar-refractivity contribution is -0.143. The molecule has 2 rings (SSSR count). The van der Waals surface area contributed by atoms with E-state index in [4.69, 9.17) is 5.73 Å². The number of amides is 2. The molecule has 2 heterocycles. The molecule has 6 heteroatoms. The summed E-state index contributed by atoms with van der Waals surface area (Å²) >= 11 is 0. The SMILES string of the molecule is CCC(CC)(CN)C(=O)N1CCN(C(=O)c2ccccn2)CC1. The normalized spacial score (nSPS) is 15.6. The number of carbonyl (C=O) groups is 2. The number of hydrogen-bond acceptors (Lipinski definition) is 4. The van der Waals surface area contributed by atoms with Crippen molar-refractivity contribution < 1.29 is 9.59 Å². The molecule has 23 heavy (non-hydrogen) atoms. The van der Waals surface area contributed by atoms with Gasteiger partial charge in [-0.1, -0.05) is 19.9 Å². The third-order valence-corrected chi connectivity index (χ3v) is 4.94. The molecule has 0 atom stereocenters. The van der Waals surface area contributed by atoms with E-state index in [9.17, 15) is 9.59 Å². The minimum absolute atomic E-state index is 0.0752. The van der Waals surface area contributed by atoms with E-state index in [2.05, 4.69) is 4.98 Å². The number of rotatable bonds is 5. The highest BCUT2D eigenvalue weighted by molar-refractivity contribution is 5.92. The Bertz CT molecular complexity index is 527. The zero-order chi connectivity index (χ0) is 16.9. The quantitative estimate of drug-likeness (QED) is 0.882. The second-order valence-electron chi connectivity index (χ2n) is 5.99. The first-order valence-electron chi connectivity index (χ1n) is 8.27. The Morgan fingerprint density at radius 1 is 1.13 bits per heavy atom. The van der Waals surface area contributed by atoms with E-state index in [1.165, 1.54) is 0 Å². The minimum atomic E-state index is -0.465. The van der Waals surface area contributed by atoms with Crippen LogP contribution in [0.4, 0.5) is 0 Å². The van der Waals surface area contributed by atoms with Gasteiger partial charge in [-0.25, -0.2) is 0 Å². The van der Waals surface area contributed by atoms with Gasteiger partial charge in [0.15, 0.2) is 0 Å². The largest absolute Gasteiger partial charge is 0.339 e. The van der Waals surface area contributed by atoms with E-state index in [0.29, 0.717) is 38.4 Å². The van der Waals surface area contributed by atoms with Gasteiger partial charge < -0.3 is 15.5 Å². The molecule has 0 radical (unpaired) electrons. The molecular weight excluding hydrogens is 292 g/mol. The summed E-state index contributed by atoms with van der Waals surface area (Å²) in [5.41, 5.74) is 5.85. The van der Waals surface area contributed by atoms with Gasteiger partial charge in [0, 0.05) is 38.9 Å². The average molecular weight is 318 g/mol. The fourth-order valence-corrected chi connectivity index (χ4v) is 3.03. The van der Waals surface area contributed by atoms with Crippen LogP contribution in [0.5, 0.6) is 0 Å². The van der Waals surface area contributed by atoms with Crippen molar-refractivity contribution in [2.45, 2.75) is 26.7 Å². The van der Waals surface area contributed by atoms with Crippen molar-refractivity contribution in [3.05, 3.63) is 30.1 Å². The summed E-state index contributed by atoms with van der Waals surface area (Å²) in [5, 5.41) is 0. The standard InChI is InChI=1S/C17H26N4O2/c1-3-17(4-2,13-18)16(23)21-11-9-20(10-12-21)15(22)14-7-5-6-8-19-14/h5-8H,3-4,9-13,18H2,1-2H3. The van der Waals surface area contributed by atoms with Crippen molar-refractivity contribution in [1.29, 1.82) is 0 Å². The van der Waals surface area contributed by atoms with Gasteiger partial charge in [-0.05, 0) is 25.0 Å². The van der Waals surface area contributed by atoms with Crippen molar-refractivity contribution in [2.75, 3.05) is 32.7 Å². The monoisotopic (exact) mass is 318 g/mol. The first kappa shape index (κ1) is 17.4. The fourth-order valence-electron chi connectivity index (χ4n) is 3.03. The summed E-state index contributed by atoms with van der Waals surface area (Å²) in [6.45, 7) is 6.57. The van der Waals surface area contributed by atoms with Crippen LogP contribution in [-0.2, 0) is 4.79 Å². The van der Waals surface area contributed by atoms with Gasteiger partial charge in [0.25, 0.3) is 5.91 Å². The zero-order valence-electron chi connectivity index (χ0n) is 14.0. The van der Waals surface area contributed by atoms with E-state index in [1.54, 1.807) is 29.3 Å². The fraction of sp³-hybridized carbons (Fsp3) is 0.588. The predicted octanol–water partition coefficient (Wildman–Crippen LogP) is 1.13. The molecule has 1 aliphatic heterocycles. The van der Waals surface area contributed by atoms with Crippen LogP contribution in [0.1, 0.15) is 37.2 Å². The summed E-state index contributed by atoms with van der Waals surface area (Å²) in [5.74, 6) is 0.0451. The van der Waals surface area contributed by atoms with Crippen LogP contribution in [0.3, 0.4) is 0 Å². The second kappa shape index (κ2) is 7.55. The van der Waals surface area contributed by atoms with Crippen LogP contribution in [0.25, 0.3) is 0 Å². The van der Waals surface area contributed by atoms with Crippen LogP contribution in [-0.4, -0.2) is 59.3 Å². The molecule has 0 spiro atoms. The third-order valence-electron chi connectivity index (χ3n) is 4.94. The van der Waals surface area contributed by atoms with E-state index in [-0.39, 0.29) is 11.8 Å². The molecular formula is C17H26N4O2. The minimum Gasteiger partial charge on any atom is -0.339 e. The predicted molar refractivity (Wildman–Crippen MR) is 88.8 cm³/mol. The molecule has 1 aromatic heterocycles. The van der Waals surface area contributed by atoms with Crippen molar-refractivity contribution in [3.8, 4) is 0 Å². The highest BCUT2D eigenvalue weighted by Gasteiger charge is 2.38. The third kappa shape index (κ3) is 3.52. The summed E-state index contributed by atoms with van der Waals surface area (Å²) in [4.78, 5) is 32.9.